The van der Waals surface area contributed by atoms with Gasteiger partial charge >= 0.3 is 0 Å². The lowest BCUT2D eigenvalue weighted by atomic mass is 10.2. The van der Waals surface area contributed by atoms with E-state index in [-0.39, 0.29) is 10.8 Å². The fourth-order valence-electron chi connectivity index (χ4n) is 3.48. The summed E-state index contributed by atoms with van der Waals surface area (Å²) in [5.41, 5.74) is 10.4. The Morgan fingerprint density at radius 3 is 2.59 bits per heavy atom. The maximum absolute atomic E-state index is 11.8. The third-order valence-electron chi connectivity index (χ3n) is 5.37. The second-order valence-electron chi connectivity index (χ2n) is 7.59. The third-order valence-corrected chi connectivity index (χ3v) is 6.42. The lowest BCUT2D eigenvalue weighted by Gasteiger charge is -2.20. The van der Waals surface area contributed by atoms with Crippen LogP contribution < -0.4 is 21.1 Å². The second kappa shape index (κ2) is 7.77. The molecule has 0 aliphatic heterocycles. The van der Waals surface area contributed by atoms with Gasteiger partial charge in [-0.25, -0.2) is 18.5 Å². The molecule has 166 valence electrons. The van der Waals surface area contributed by atoms with E-state index in [9.17, 15) is 8.42 Å². The molecule has 2 heterocycles. The molecule has 0 radical (unpaired) electrons. The van der Waals surface area contributed by atoms with Crippen LogP contribution in [0.25, 0.3) is 10.9 Å². The van der Waals surface area contributed by atoms with E-state index in [4.69, 9.17) is 10.9 Å². The Labute approximate surface area is 185 Å². The average molecular weight is 453 g/mol. The smallest absolute Gasteiger partial charge is 0.238 e. The molecule has 4 rings (SSSR count). The topological polar surface area (TPSA) is 145 Å². The number of hydrogen-bond acceptors (Lipinski definition) is 8. The minimum atomic E-state index is -3.85. The Morgan fingerprint density at radius 2 is 1.88 bits per heavy atom. The van der Waals surface area contributed by atoms with Crippen molar-refractivity contribution in [2.45, 2.75) is 18.7 Å². The number of hydrogen-bond donors (Lipinski definition) is 3. The first-order valence-corrected chi connectivity index (χ1v) is 11.3. The molecular weight excluding hydrogens is 428 g/mol. The fourth-order valence-corrected chi connectivity index (χ4v) is 4.28. The van der Waals surface area contributed by atoms with Gasteiger partial charge in [0.1, 0.15) is 0 Å². The van der Waals surface area contributed by atoms with Crippen LogP contribution in [0, 0.1) is 13.8 Å². The van der Waals surface area contributed by atoms with E-state index in [1.807, 2.05) is 48.8 Å². The van der Waals surface area contributed by atoms with E-state index in [1.165, 1.54) is 12.3 Å². The number of aromatic nitrogens is 4. The first-order valence-electron chi connectivity index (χ1n) is 9.74. The van der Waals surface area contributed by atoms with Gasteiger partial charge < -0.3 is 16.0 Å². The molecule has 0 aliphatic carbocycles. The molecular formula is C21H24N8O2S. The van der Waals surface area contributed by atoms with Gasteiger partial charge in [-0.1, -0.05) is 6.07 Å². The van der Waals surface area contributed by atoms with Crippen LogP contribution in [0.1, 0.15) is 11.3 Å². The van der Waals surface area contributed by atoms with E-state index in [0.29, 0.717) is 22.8 Å². The number of sulfonamides is 1. The lowest BCUT2D eigenvalue weighted by molar-refractivity contribution is 0.597. The summed E-state index contributed by atoms with van der Waals surface area (Å²) < 4.78 is 25.5. The fraction of sp³-hybridized carbons (Fsp3) is 0.190. The summed E-state index contributed by atoms with van der Waals surface area (Å²) in [6.07, 6.45) is 1.50. The maximum atomic E-state index is 11.8. The molecule has 0 saturated carbocycles. The zero-order valence-electron chi connectivity index (χ0n) is 18.2. The summed E-state index contributed by atoms with van der Waals surface area (Å²) in [6, 6.07) is 10.8. The number of primary sulfonamides is 1. The van der Waals surface area contributed by atoms with E-state index in [0.717, 1.165) is 22.3 Å². The molecule has 32 heavy (non-hydrogen) atoms. The number of nitrogens with zero attached hydrogens (tertiary/aromatic N) is 5. The zero-order chi connectivity index (χ0) is 23.2. The Balaban J connectivity index is 1.67. The van der Waals surface area contributed by atoms with Gasteiger partial charge in [0.25, 0.3) is 0 Å². The first kappa shape index (κ1) is 21.5. The van der Waals surface area contributed by atoms with Crippen molar-refractivity contribution in [1.29, 1.82) is 0 Å². The predicted octanol–water partition coefficient (Wildman–Crippen LogP) is 2.72. The van der Waals surface area contributed by atoms with Crippen molar-refractivity contribution in [3.63, 3.8) is 0 Å². The molecule has 0 spiro atoms. The summed E-state index contributed by atoms with van der Waals surface area (Å²) in [5.74, 6) is 0.758. The van der Waals surface area contributed by atoms with Crippen LogP contribution >= 0.6 is 0 Å². The normalized spacial score (nSPS) is 11.7. The standard InChI is InChI=1S/C21H24N8O2S/c1-12-5-6-14(9-19(12)32(23,30)31)25-21-24-11-17(22)20(26-21)28(3)15-7-8-16-13(2)29(4)27-18(16)10-15/h5-11H,22H2,1-4H3,(H2,23,30,31)(H,24,25,26). The summed E-state index contributed by atoms with van der Waals surface area (Å²) in [6.45, 7) is 3.70. The van der Waals surface area contributed by atoms with Crippen LogP contribution in [0.4, 0.5) is 28.8 Å². The molecule has 5 N–H and O–H groups in total. The molecule has 0 unspecified atom stereocenters. The highest BCUT2D eigenvalue weighted by Gasteiger charge is 2.16. The predicted molar refractivity (Wildman–Crippen MR) is 126 cm³/mol. The van der Waals surface area contributed by atoms with E-state index in [1.54, 1.807) is 19.1 Å². The van der Waals surface area contributed by atoms with Gasteiger partial charge in [-0.05, 0) is 49.7 Å². The summed E-state index contributed by atoms with van der Waals surface area (Å²) in [4.78, 5) is 10.6. The van der Waals surface area contributed by atoms with Gasteiger partial charge in [0.2, 0.25) is 16.0 Å². The number of nitrogens with one attached hydrogen (secondary N) is 1. The molecule has 0 saturated heterocycles. The zero-order valence-corrected chi connectivity index (χ0v) is 19.0. The van der Waals surface area contributed by atoms with Crippen LogP contribution in [0.3, 0.4) is 0 Å². The minimum absolute atomic E-state index is 0.0363. The Morgan fingerprint density at radius 1 is 1.12 bits per heavy atom. The summed E-state index contributed by atoms with van der Waals surface area (Å²) in [7, 11) is -0.0889. The number of fused-ring (bicyclic) bond motifs is 1. The molecule has 0 amide bonds. The molecule has 0 fully saturated rings. The number of aryl methyl sites for hydroxylation is 3. The number of rotatable bonds is 5. The van der Waals surface area contributed by atoms with Crippen molar-refractivity contribution in [3.8, 4) is 0 Å². The van der Waals surface area contributed by atoms with E-state index >= 15 is 0 Å². The highest BCUT2D eigenvalue weighted by atomic mass is 32.2. The van der Waals surface area contributed by atoms with Crippen molar-refractivity contribution < 1.29 is 8.42 Å². The molecule has 0 aliphatic rings. The van der Waals surface area contributed by atoms with E-state index in [2.05, 4.69) is 20.4 Å². The SMILES string of the molecule is Cc1ccc(Nc2ncc(N)c(N(C)c3ccc4c(C)n(C)nc4c3)n2)cc1S(N)(=O)=O. The number of benzene rings is 2. The van der Waals surface area contributed by atoms with Gasteiger partial charge in [-0.3, -0.25) is 4.68 Å². The maximum Gasteiger partial charge on any atom is 0.238 e. The van der Waals surface area contributed by atoms with Crippen molar-refractivity contribution in [2.75, 3.05) is 23.0 Å². The number of nitrogen functional groups attached to an aromatic ring is 1. The van der Waals surface area contributed by atoms with Crippen LogP contribution in [-0.4, -0.2) is 35.2 Å². The highest BCUT2D eigenvalue weighted by Crippen LogP contribution is 2.31. The number of nitrogens with two attached hydrogens (primary N) is 2. The van der Waals surface area contributed by atoms with Gasteiger partial charge in [-0.2, -0.15) is 10.1 Å². The largest absolute Gasteiger partial charge is 0.394 e. The monoisotopic (exact) mass is 452 g/mol. The van der Waals surface area contributed by atoms with Gasteiger partial charge in [0, 0.05) is 36.6 Å². The molecule has 2 aromatic carbocycles. The molecule has 2 aromatic heterocycles. The van der Waals surface area contributed by atoms with Gasteiger partial charge in [0.05, 0.1) is 22.3 Å². The average Bonchev–Trinajstić information content (AvgIpc) is 3.02. The minimum Gasteiger partial charge on any atom is -0.394 e. The summed E-state index contributed by atoms with van der Waals surface area (Å²) >= 11 is 0. The highest BCUT2D eigenvalue weighted by molar-refractivity contribution is 7.89. The summed E-state index contributed by atoms with van der Waals surface area (Å²) in [5, 5.41) is 13.9. The first-order chi connectivity index (χ1) is 15.0. The number of anilines is 5. The molecule has 0 atom stereocenters. The Hall–Kier alpha value is -3.70. The van der Waals surface area contributed by atoms with Crippen molar-refractivity contribution in [3.05, 3.63) is 53.9 Å². The molecule has 4 aromatic rings. The van der Waals surface area contributed by atoms with Crippen LogP contribution in [0.5, 0.6) is 0 Å². The van der Waals surface area contributed by atoms with E-state index < -0.39 is 10.0 Å². The molecule has 0 bridgehead atoms. The van der Waals surface area contributed by atoms with Crippen LogP contribution in [-0.2, 0) is 17.1 Å². The van der Waals surface area contributed by atoms with Crippen LogP contribution in [0.15, 0.2) is 47.5 Å². The third kappa shape index (κ3) is 3.95. The van der Waals surface area contributed by atoms with Crippen LogP contribution in [0.2, 0.25) is 0 Å². The van der Waals surface area contributed by atoms with Crippen molar-refractivity contribution in [1.82, 2.24) is 19.7 Å². The Bertz CT molecular complexity index is 1450. The van der Waals surface area contributed by atoms with Crippen molar-refractivity contribution >= 4 is 49.8 Å². The lowest BCUT2D eigenvalue weighted by Crippen LogP contribution is -2.15. The molecule has 10 nitrogen and oxygen atoms in total. The van der Waals surface area contributed by atoms with Crippen molar-refractivity contribution in [2.24, 2.45) is 12.2 Å². The second-order valence-corrected chi connectivity index (χ2v) is 9.12. The van der Waals surface area contributed by atoms with Gasteiger partial charge in [0.15, 0.2) is 5.82 Å². The Kier molecular flexibility index (Phi) is 5.23. The van der Waals surface area contributed by atoms with Gasteiger partial charge in [-0.15, -0.1) is 0 Å². The molecule has 11 heteroatoms. The quantitative estimate of drug-likeness (QED) is 0.419.